The molecular formula is C23H31N3O2. The number of aromatic nitrogens is 1. The van der Waals surface area contributed by atoms with Crippen LogP contribution in [-0.2, 0) is 21.4 Å². The van der Waals surface area contributed by atoms with Crippen molar-refractivity contribution in [2.75, 3.05) is 40.8 Å². The summed E-state index contributed by atoms with van der Waals surface area (Å²) in [6.07, 6.45) is 4.29. The maximum Gasteiger partial charge on any atom is 0.319 e. The van der Waals surface area contributed by atoms with Gasteiger partial charge in [0.2, 0.25) is 0 Å². The molecule has 6 rings (SSSR count). The van der Waals surface area contributed by atoms with E-state index in [-0.39, 0.29) is 12.0 Å². The van der Waals surface area contributed by atoms with Crippen LogP contribution in [0, 0.1) is 11.8 Å². The lowest BCUT2D eigenvalue weighted by molar-refractivity contribution is -0.162. The van der Waals surface area contributed by atoms with Gasteiger partial charge in [0.05, 0.1) is 7.11 Å². The maximum atomic E-state index is 13.5. The van der Waals surface area contributed by atoms with Crippen molar-refractivity contribution in [3.05, 3.63) is 35.5 Å². The number of rotatable bonds is 4. The summed E-state index contributed by atoms with van der Waals surface area (Å²) < 4.78 is 5.51. The Morgan fingerprint density at radius 2 is 2.18 bits per heavy atom. The molecule has 1 saturated carbocycles. The Bertz CT molecular complexity index is 904. The summed E-state index contributed by atoms with van der Waals surface area (Å²) in [5.74, 6) is 1.05. The van der Waals surface area contributed by atoms with E-state index in [0.717, 1.165) is 50.1 Å². The van der Waals surface area contributed by atoms with E-state index in [9.17, 15) is 4.79 Å². The lowest BCUT2D eigenvalue weighted by Crippen LogP contribution is -2.67. The molecule has 3 fully saturated rings. The van der Waals surface area contributed by atoms with Crippen LogP contribution in [0.4, 0.5) is 0 Å². The molecule has 2 unspecified atom stereocenters. The van der Waals surface area contributed by atoms with Gasteiger partial charge >= 0.3 is 5.97 Å². The number of benzene rings is 1. The Kier molecular flexibility index (Phi) is 4.29. The number of aromatic amines is 1. The Morgan fingerprint density at radius 1 is 1.36 bits per heavy atom. The molecule has 4 heterocycles. The van der Waals surface area contributed by atoms with Gasteiger partial charge in [-0.2, -0.15) is 0 Å². The fourth-order valence-electron chi connectivity index (χ4n) is 6.58. The number of nitrogens with one attached hydrogen (secondary N) is 1. The summed E-state index contributed by atoms with van der Waals surface area (Å²) in [5.41, 5.74) is 3.07. The summed E-state index contributed by atoms with van der Waals surface area (Å²) in [4.78, 5) is 22.1. The van der Waals surface area contributed by atoms with Crippen LogP contribution in [0.5, 0.6) is 0 Å². The Hall–Kier alpha value is -1.85. The van der Waals surface area contributed by atoms with Crippen LogP contribution in [0.15, 0.2) is 24.3 Å². The molecule has 4 bridgehead atoms. The second kappa shape index (κ2) is 6.60. The molecule has 150 valence electrons. The second-order valence-electron chi connectivity index (χ2n) is 9.33. The molecule has 1 aromatic carbocycles. The number of carbonyl (C=O) groups is 1. The zero-order valence-electron chi connectivity index (χ0n) is 17.2. The van der Waals surface area contributed by atoms with Crippen molar-refractivity contribution in [2.24, 2.45) is 11.8 Å². The first-order valence-electron chi connectivity index (χ1n) is 10.6. The highest BCUT2D eigenvalue weighted by Gasteiger charge is 2.62. The van der Waals surface area contributed by atoms with Crippen LogP contribution in [0.2, 0.25) is 0 Å². The summed E-state index contributed by atoms with van der Waals surface area (Å²) in [5, 5.41) is 1.27. The predicted molar refractivity (Wildman–Crippen MR) is 110 cm³/mol. The summed E-state index contributed by atoms with van der Waals surface area (Å²) in [7, 11) is 5.84. The van der Waals surface area contributed by atoms with Gasteiger partial charge in [-0.3, -0.25) is 9.69 Å². The Morgan fingerprint density at radius 3 is 2.96 bits per heavy atom. The first-order chi connectivity index (χ1) is 13.5. The molecule has 1 aliphatic carbocycles. The highest BCUT2D eigenvalue weighted by molar-refractivity contribution is 5.91. The van der Waals surface area contributed by atoms with E-state index in [1.165, 1.54) is 17.4 Å². The third kappa shape index (κ3) is 2.49. The number of esters is 1. The van der Waals surface area contributed by atoms with Crippen molar-refractivity contribution in [3.63, 3.8) is 0 Å². The van der Waals surface area contributed by atoms with Crippen molar-refractivity contribution in [2.45, 2.75) is 37.1 Å². The van der Waals surface area contributed by atoms with E-state index >= 15 is 0 Å². The van der Waals surface area contributed by atoms with Crippen molar-refractivity contribution >= 4 is 16.9 Å². The van der Waals surface area contributed by atoms with Crippen LogP contribution in [-0.4, -0.2) is 67.6 Å². The number of para-hydroxylation sites is 1. The van der Waals surface area contributed by atoms with Crippen LogP contribution >= 0.6 is 0 Å². The molecule has 28 heavy (non-hydrogen) atoms. The molecule has 0 spiro atoms. The molecule has 5 atom stereocenters. The number of carbonyl (C=O) groups excluding carboxylic acids is 1. The average molecular weight is 382 g/mol. The minimum absolute atomic E-state index is 0.0449. The number of hydrogen-bond acceptors (Lipinski definition) is 4. The fourth-order valence-corrected chi connectivity index (χ4v) is 6.58. The fraction of sp³-hybridized carbons (Fsp3) is 0.609. The number of nitrogens with zero attached hydrogens (tertiary/aromatic N) is 2. The number of H-pyrrole nitrogens is 1. The van der Waals surface area contributed by atoms with Crippen LogP contribution in [0.3, 0.4) is 0 Å². The van der Waals surface area contributed by atoms with Crippen LogP contribution in [0.25, 0.3) is 10.9 Å². The van der Waals surface area contributed by atoms with E-state index in [2.05, 4.69) is 53.1 Å². The van der Waals surface area contributed by atoms with Crippen molar-refractivity contribution in [3.8, 4) is 0 Å². The average Bonchev–Trinajstić information content (AvgIpc) is 3.04. The molecule has 0 amide bonds. The molecule has 1 N–H and O–H groups in total. The smallest absolute Gasteiger partial charge is 0.319 e. The third-order valence-corrected chi connectivity index (χ3v) is 7.49. The molecule has 4 aliphatic rings. The molecule has 1 aromatic heterocycles. The number of piperidine rings is 2. The summed E-state index contributed by atoms with van der Waals surface area (Å²) in [6, 6.07) is 8.74. The molecule has 2 saturated heterocycles. The van der Waals surface area contributed by atoms with Crippen molar-refractivity contribution in [1.82, 2.24) is 14.8 Å². The highest BCUT2D eigenvalue weighted by Crippen LogP contribution is 2.55. The maximum absolute atomic E-state index is 13.5. The number of fused-ring (bicyclic) bond motifs is 4. The highest BCUT2D eigenvalue weighted by atomic mass is 16.5. The quantitative estimate of drug-likeness (QED) is 0.828. The number of hydrogen-bond donors (Lipinski definition) is 1. The van der Waals surface area contributed by atoms with Gasteiger partial charge in [0, 0.05) is 35.7 Å². The van der Waals surface area contributed by atoms with Crippen LogP contribution < -0.4 is 0 Å². The van der Waals surface area contributed by atoms with E-state index in [4.69, 9.17) is 4.74 Å². The standard InChI is InChI=1S/C23H31N3O2/c1-25(2)10-8-16-12-15-13-23(22(27)28-3)20-18(9-11-26(14-15)21(16)23)17-6-4-5-7-19(17)24-20/h4-7,15-16,21,24H,8-14H2,1-3H3/t15?,16-,21-,23+/m0/s1. The summed E-state index contributed by atoms with van der Waals surface area (Å²) in [6.45, 7) is 3.23. The van der Waals surface area contributed by atoms with E-state index in [1.807, 2.05) is 0 Å². The van der Waals surface area contributed by atoms with E-state index in [0.29, 0.717) is 11.8 Å². The molecular weight excluding hydrogens is 350 g/mol. The minimum Gasteiger partial charge on any atom is -0.468 e. The van der Waals surface area contributed by atoms with Gasteiger partial charge in [0.25, 0.3) is 0 Å². The van der Waals surface area contributed by atoms with Gasteiger partial charge in [0.1, 0.15) is 5.41 Å². The zero-order chi connectivity index (χ0) is 19.5. The van der Waals surface area contributed by atoms with Crippen LogP contribution in [0.1, 0.15) is 30.5 Å². The molecule has 3 aliphatic heterocycles. The van der Waals surface area contributed by atoms with E-state index < -0.39 is 5.41 Å². The van der Waals surface area contributed by atoms with Crippen molar-refractivity contribution < 1.29 is 9.53 Å². The monoisotopic (exact) mass is 381 g/mol. The number of ether oxygens (including phenoxy) is 1. The van der Waals surface area contributed by atoms with Gasteiger partial charge in [0.15, 0.2) is 0 Å². The Balaban J connectivity index is 1.69. The number of methoxy groups -OCH3 is 1. The van der Waals surface area contributed by atoms with Gasteiger partial charge < -0.3 is 14.6 Å². The first-order valence-corrected chi connectivity index (χ1v) is 10.6. The topological polar surface area (TPSA) is 48.6 Å². The van der Waals surface area contributed by atoms with Crippen molar-refractivity contribution in [1.29, 1.82) is 0 Å². The zero-order valence-corrected chi connectivity index (χ0v) is 17.2. The second-order valence-corrected chi connectivity index (χ2v) is 9.33. The van der Waals surface area contributed by atoms with Gasteiger partial charge in [-0.15, -0.1) is 0 Å². The molecule has 0 radical (unpaired) electrons. The molecule has 5 nitrogen and oxygen atoms in total. The van der Waals surface area contributed by atoms with E-state index in [1.54, 1.807) is 7.11 Å². The lowest BCUT2D eigenvalue weighted by Gasteiger charge is -2.58. The normalized spacial score (nSPS) is 33.7. The van der Waals surface area contributed by atoms with Gasteiger partial charge in [-0.1, -0.05) is 18.2 Å². The predicted octanol–water partition coefficient (Wildman–Crippen LogP) is 2.80. The largest absolute Gasteiger partial charge is 0.468 e. The first kappa shape index (κ1) is 18.2. The Labute approximate surface area is 167 Å². The summed E-state index contributed by atoms with van der Waals surface area (Å²) >= 11 is 0. The molecule has 5 heteroatoms. The van der Waals surface area contributed by atoms with Gasteiger partial charge in [-0.05, 0) is 69.8 Å². The lowest BCUT2D eigenvalue weighted by atomic mass is 9.56. The van der Waals surface area contributed by atoms with Gasteiger partial charge in [-0.25, -0.2) is 0 Å². The third-order valence-electron chi connectivity index (χ3n) is 7.49. The molecule has 2 aromatic rings. The SMILES string of the molecule is COC(=O)[C@@]12CC3C[C@H](CCN(C)C)[C@@H]1N(CCc1c2[nH]c2ccccc12)C3. The minimum atomic E-state index is -0.558.